The Hall–Kier alpha value is -2.52. The van der Waals surface area contributed by atoms with Crippen LogP contribution >= 0.6 is 26.9 Å². The van der Waals surface area contributed by atoms with Crippen LogP contribution in [0.3, 0.4) is 0 Å². The number of rotatable bonds is 2. The summed E-state index contributed by atoms with van der Waals surface area (Å²) >= 11 is 3.96. The van der Waals surface area contributed by atoms with E-state index in [9.17, 15) is 33.8 Å². The molecule has 2 unspecified atom stereocenters. The average molecular weight is 651 g/mol. The van der Waals surface area contributed by atoms with Crippen molar-refractivity contribution in [2.45, 2.75) is 49.1 Å². The molecule has 20 nitrogen and oxygen atoms in total. The number of aliphatic hydroxyl groups is 2. The van der Waals surface area contributed by atoms with E-state index >= 15 is 0 Å². The fourth-order valence-corrected chi connectivity index (χ4v) is 7.22. The molecule has 0 spiro atoms. The molecule has 3 aliphatic heterocycles. The minimum Gasteiger partial charge on any atom is -0.387 e. The monoisotopic (exact) mass is 651 g/mol. The van der Waals surface area contributed by atoms with Gasteiger partial charge in [-0.15, -0.1) is 0 Å². The molecule has 6 N–H and O–H groups in total. The number of thiol groups is 1. The molecule has 0 aromatic carbocycles. The van der Waals surface area contributed by atoms with Crippen LogP contribution in [0.1, 0.15) is 12.5 Å². The second-order valence-corrected chi connectivity index (χ2v) is 13.7. The molecule has 3 saturated heterocycles. The van der Waals surface area contributed by atoms with E-state index in [4.69, 9.17) is 33.3 Å². The summed E-state index contributed by atoms with van der Waals surface area (Å²) in [4.78, 5) is 48.5. The molecule has 3 aromatic rings. The molecule has 228 valence electrons. The van der Waals surface area contributed by atoms with Crippen molar-refractivity contribution in [2.75, 3.05) is 18.9 Å². The molecule has 0 saturated carbocycles. The van der Waals surface area contributed by atoms with Crippen molar-refractivity contribution in [1.29, 1.82) is 0 Å². The van der Waals surface area contributed by atoms with Crippen LogP contribution in [0.25, 0.3) is 11.2 Å². The largest absolute Gasteiger partial charge is 0.472 e. The third kappa shape index (κ3) is 5.47. The number of fused-ring (bicyclic) bond motifs is 4. The first-order valence-electron chi connectivity index (χ1n) is 12.1. The number of phosphoric acid groups is 1. The van der Waals surface area contributed by atoms with Gasteiger partial charge in [0.2, 0.25) is 0 Å². The van der Waals surface area contributed by atoms with Gasteiger partial charge < -0.3 is 30.3 Å². The van der Waals surface area contributed by atoms with Crippen LogP contribution in [0, 0.1) is 0 Å². The number of nitrogens with zero attached hydrogens (tertiary/aromatic N) is 5. The van der Waals surface area contributed by atoms with Crippen molar-refractivity contribution in [2.24, 2.45) is 0 Å². The van der Waals surface area contributed by atoms with Crippen LogP contribution < -0.4 is 17.0 Å². The van der Waals surface area contributed by atoms with E-state index in [-0.39, 0.29) is 17.0 Å². The Balaban J connectivity index is 1.31. The maximum Gasteiger partial charge on any atom is 0.472 e. The van der Waals surface area contributed by atoms with E-state index in [0.717, 1.165) is 16.8 Å². The first-order valence-corrected chi connectivity index (χ1v) is 16.3. The predicted molar refractivity (Wildman–Crippen MR) is 139 cm³/mol. The summed E-state index contributed by atoms with van der Waals surface area (Å²) in [7, 11) is -5.07. The van der Waals surface area contributed by atoms with E-state index in [1.54, 1.807) is 0 Å². The van der Waals surface area contributed by atoms with Gasteiger partial charge in [0.15, 0.2) is 23.9 Å². The minimum absolute atomic E-state index is 0.0569. The number of hydrogen-bond donors (Lipinski definition) is 6. The van der Waals surface area contributed by atoms with Crippen LogP contribution in [0.5, 0.6) is 0 Å². The molecule has 0 amide bonds. The van der Waals surface area contributed by atoms with Crippen LogP contribution in [-0.4, -0.2) is 94.0 Å². The van der Waals surface area contributed by atoms with Crippen molar-refractivity contribution in [3.63, 3.8) is 0 Å². The lowest BCUT2D eigenvalue weighted by Gasteiger charge is -2.26. The van der Waals surface area contributed by atoms with Crippen molar-refractivity contribution < 1.29 is 51.8 Å². The van der Waals surface area contributed by atoms with E-state index in [1.165, 1.54) is 17.2 Å². The molecule has 2 bridgehead atoms. The predicted octanol–water partition coefficient (Wildman–Crippen LogP) is -1.57. The third-order valence-corrected chi connectivity index (χ3v) is 9.32. The molecule has 10 atom stereocenters. The molecule has 42 heavy (non-hydrogen) atoms. The minimum atomic E-state index is -5.07. The molecule has 3 fully saturated rings. The molecule has 3 aliphatic rings. The summed E-state index contributed by atoms with van der Waals surface area (Å²) in [5, 5.41) is 22.0. The van der Waals surface area contributed by atoms with E-state index < -0.39 is 88.2 Å². The molecule has 0 aliphatic carbocycles. The fraction of sp³-hybridized carbons (Fsp3) is 0.526. The number of aromatic amines is 1. The summed E-state index contributed by atoms with van der Waals surface area (Å²) < 4.78 is 61.0. The van der Waals surface area contributed by atoms with Gasteiger partial charge in [-0.25, -0.2) is 28.9 Å². The number of imidazole rings is 1. The molecule has 6 rings (SSSR count). The lowest BCUT2D eigenvalue weighted by Crippen LogP contribution is -2.39. The van der Waals surface area contributed by atoms with Crippen LogP contribution in [0.4, 0.5) is 5.82 Å². The highest BCUT2D eigenvalue weighted by molar-refractivity contribution is 8.44. The molecule has 23 heteroatoms. The quantitative estimate of drug-likeness (QED) is 0.135. The summed E-state index contributed by atoms with van der Waals surface area (Å²) in [5.74, 6) is 0.0569. The number of nitrogens with one attached hydrogen (secondary N) is 1. The standard InChI is InChI=1S/C19H23N7O13P2S/c20-15-10-16(22-5-21-15)26(6-23-10)17-12(29)13-8(37-17)4-34-40(31,32)38-14-11(28)7(3-35-41(33,42)39-13)36-18(14)25-2-1-9(27)24-19(25)30/h1-2,5-8,11-14,17-18,28-29H,3-4H2,(H,31,32)(H,33,42)(H2,20,21,22)(H,24,27,30)/t7-,8-,11-,12-,13-,14-,17-,18-,41?/m1/s1. The Morgan fingerprint density at radius 1 is 0.976 bits per heavy atom. The average Bonchev–Trinajstić information content (AvgIpc) is 3.57. The smallest absolute Gasteiger partial charge is 0.387 e. The highest BCUT2D eigenvalue weighted by Gasteiger charge is 2.53. The summed E-state index contributed by atoms with van der Waals surface area (Å²) in [6.45, 7) is -5.82. The van der Waals surface area contributed by atoms with Gasteiger partial charge in [0.25, 0.3) is 5.56 Å². The second kappa shape index (κ2) is 10.9. The highest BCUT2D eigenvalue weighted by atomic mass is 32.7. The molecular weight excluding hydrogens is 628 g/mol. The Kier molecular flexibility index (Phi) is 7.66. The Bertz CT molecular complexity index is 1720. The van der Waals surface area contributed by atoms with Gasteiger partial charge in [0.05, 0.1) is 19.5 Å². The van der Waals surface area contributed by atoms with Crippen LogP contribution in [0.15, 0.2) is 34.5 Å². The Morgan fingerprint density at radius 2 is 1.71 bits per heavy atom. The summed E-state index contributed by atoms with van der Waals surface area (Å²) in [5.41, 5.74) is 4.50. The fourth-order valence-electron chi connectivity index (χ4n) is 4.79. The topological polar surface area (TPSA) is 275 Å². The molecule has 0 radical (unpaired) electrons. The van der Waals surface area contributed by atoms with Crippen LogP contribution in [-0.2, 0) is 36.7 Å². The number of anilines is 1. The lowest BCUT2D eigenvalue weighted by atomic mass is 10.1. The number of nitrogens with two attached hydrogens (primary N) is 1. The van der Waals surface area contributed by atoms with Crippen LogP contribution in [0.2, 0.25) is 0 Å². The van der Waals surface area contributed by atoms with Gasteiger partial charge in [-0.2, -0.15) is 0 Å². The van der Waals surface area contributed by atoms with Crippen molar-refractivity contribution in [3.8, 4) is 0 Å². The Morgan fingerprint density at radius 3 is 2.48 bits per heavy atom. The lowest BCUT2D eigenvalue weighted by molar-refractivity contribution is -0.0657. The van der Waals surface area contributed by atoms with Gasteiger partial charge in [0, 0.05) is 12.3 Å². The second-order valence-electron chi connectivity index (χ2n) is 9.38. The van der Waals surface area contributed by atoms with Crippen molar-refractivity contribution >= 4 is 43.9 Å². The number of aliphatic hydroxyl groups excluding tert-OH is 2. The maximum absolute atomic E-state index is 13.2. The third-order valence-electron chi connectivity index (χ3n) is 6.72. The van der Waals surface area contributed by atoms with Gasteiger partial charge >= 0.3 is 20.3 Å². The maximum atomic E-state index is 13.2. The normalized spacial score (nSPS) is 39.3. The van der Waals surface area contributed by atoms with Crippen molar-refractivity contribution in [1.82, 2.24) is 29.1 Å². The van der Waals surface area contributed by atoms with Gasteiger partial charge in [-0.3, -0.25) is 37.0 Å². The van der Waals surface area contributed by atoms with E-state index in [1.807, 2.05) is 4.98 Å². The van der Waals surface area contributed by atoms with E-state index in [0.29, 0.717) is 0 Å². The number of aromatic nitrogens is 6. The SMILES string of the molecule is Nc1ncnc2c1ncn2[C@@H]1O[C@@H]2COP(=O)(O)O[C@@H]3[C@H](O)[C@@H](COP(=O)(S)O[C@H]2[C@H]1O)O[C@H]3n1ccc(=O)[nH]c1=O. The molecular formula is C19H23N7O13P2S. The molecule has 6 heterocycles. The number of ether oxygens (including phenoxy) is 2. The number of H-pyrrole nitrogens is 1. The molecule has 3 aromatic heterocycles. The van der Waals surface area contributed by atoms with E-state index in [2.05, 4.69) is 27.2 Å². The Labute approximate surface area is 238 Å². The number of hydrogen-bond acceptors (Lipinski definition) is 16. The first-order chi connectivity index (χ1) is 19.8. The van der Waals surface area contributed by atoms with Gasteiger partial charge in [-0.1, -0.05) is 12.2 Å². The highest BCUT2D eigenvalue weighted by Crippen LogP contribution is 2.58. The first kappa shape index (κ1) is 29.5. The zero-order valence-corrected chi connectivity index (χ0v) is 23.6. The zero-order chi connectivity index (χ0) is 30.0. The number of nitrogen functional groups attached to an aromatic ring is 1. The summed E-state index contributed by atoms with van der Waals surface area (Å²) in [6.07, 6.45) is -8.74. The summed E-state index contributed by atoms with van der Waals surface area (Å²) in [6, 6.07) is 0.976. The number of phosphoric ester groups is 1. The van der Waals surface area contributed by atoms with Crippen molar-refractivity contribution in [3.05, 3.63) is 45.8 Å². The van der Waals surface area contributed by atoms with Gasteiger partial charge in [-0.05, 0) is 0 Å². The zero-order valence-electron chi connectivity index (χ0n) is 20.9. The van der Waals surface area contributed by atoms with Gasteiger partial charge in [0.1, 0.15) is 48.5 Å².